The van der Waals surface area contributed by atoms with Crippen LogP contribution in [-0.2, 0) is 4.79 Å². The van der Waals surface area contributed by atoms with E-state index in [1.54, 1.807) is 19.1 Å². The van der Waals surface area contributed by atoms with Crippen LogP contribution in [0.5, 0.6) is 0 Å². The summed E-state index contributed by atoms with van der Waals surface area (Å²) in [5.41, 5.74) is 0.773. The van der Waals surface area contributed by atoms with E-state index in [1.165, 1.54) is 16.4 Å². The van der Waals surface area contributed by atoms with Gasteiger partial charge in [-0.1, -0.05) is 35.5 Å². The van der Waals surface area contributed by atoms with Crippen LogP contribution in [0.3, 0.4) is 0 Å². The van der Waals surface area contributed by atoms with Crippen LogP contribution in [0.4, 0.5) is 0 Å². The molecule has 2 aromatic rings. The van der Waals surface area contributed by atoms with Gasteiger partial charge in [-0.25, -0.2) is 4.68 Å². The first-order chi connectivity index (χ1) is 10.0. The van der Waals surface area contributed by atoms with Crippen molar-refractivity contribution in [3.63, 3.8) is 0 Å². The molecule has 2 rings (SSSR count). The first kappa shape index (κ1) is 15.7. The summed E-state index contributed by atoms with van der Waals surface area (Å²) in [6.07, 6.45) is 0. The Hall–Kier alpha value is -1.73. The second kappa shape index (κ2) is 6.82. The summed E-state index contributed by atoms with van der Waals surface area (Å²) in [6.45, 7) is 4.26. The summed E-state index contributed by atoms with van der Waals surface area (Å²) in [7, 11) is 0. The average molecular weight is 326 g/mol. The third kappa shape index (κ3) is 3.68. The highest BCUT2D eigenvalue weighted by Crippen LogP contribution is 2.26. The van der Waals surface area contributed by atoms with E-state index in [2.05, 4.69) is 15.5 Å². The van der Waals surface area contributed by atoms with E-state index >= 15 is 0 Å². The maximum Gasteiger partial charge on any atom is 0.233 e. The number of nitrogens with zero attached hydrogens (tertiary/aromatic N) is 3. The lowest BCUT2D eigenvalue weighted by atomic mass is 10.2. The molecule has 1 atom stereocenters. The fourth-order valence-electron chi connectivity index (χ4n) is 1.71. The van der Waals surface area contributed by atoms with E-state index < -0.39 is 0 Å². The van der Waals surface area contributed by atoms with Gasteiger partial charge in [0.25, 0.3) is 0 Å². The number of halogens is 1. The summed E-state index contributed by atoms with van der Waals surface area (Å²) in [5.74, 6) is 6.45. The Morgan fingerprint density at radius 2 is 2.29 bits per heavy atom. The summed E-state index contributed by atoms with van der Waals surface area (Å²) in [4.78, 5) is 11.7. The van der Waals surface area contributed by atoms with E-state index in [0.717, 1.165) is 5.56 Å². The number of nitrogen functional groups attached to an aromatic ring is 1. The SMILES string of the molecule is CCNC(=O)[C@H](C)Sc1nnc(-c2cccc(Cl)c2)n1N. The van der Waals surface area contributed by atoms with Crippen molar-refractivity contribution in [1.82, 2.24) is 20.2 Å². The molecular formula is C13H16ClN5OS. The van der Waals surface area contributed by atoms with Gasteiger partial charge in [0.05, 0.1) is 5.25 Å². The zero-order chi connectivity index (χ0) is 15.4. The zero-order valence-corrected chi connectivity index (χ0v) is 13.3. The Kier molecular flexibility index (Phi) is 5.08. The van der Waals surface area contributed by atoms with E-state index in [1.807, 2.05) is 19.1 Å². The smallest absolute Gasteiger partial charge is 0.233 e. The van der Waals surface area contributed by atoms with E-state index in [0.29, 0.717) is 22.5 Å². The number of benzene rings is 1. The molecule has 0 aliphatic heterocycles. The van der Waals surface area contributed by atoms with Gasteiger partial charge in [0.2, 0.25) is 11.1 Å². The standard InChI is InChI=1S/C13H16ClN5OS/c1-3-16-12(20)8(2)21-13-18-17-11(19(13)15)9-5-4-6-10(14)7-9/h4-8H,3,15H2,1-2H3,(H,16,20)/t8-/m0/s1. The van der Waals surface area contributed by atoms with Crippen molar-refractivity contribution >= 4 is 29.3 Å². The number of thioether (sulfide) groups is 1. The molecule has 0 saturated heterocycles. The normalized spacial score (nSPS) is 12.1. The molecule has 0 spiro atoms. The minimum Gasteiger partial charge on any atom is -0.355 e. The highest BCUT2D eigenvalue weighted by Gasteiger charge is 2.19. The Balaban J connectivity index is 2.19. The minimum atomic E-state index is -0.302. The van der Waals surface area contributed by atoms with Gasteiger partial charge in [0.1, 0.15) is 0 Å². The molecule has 8 heteroatoms. The molecule has 0 aliphatic carbocycles. The quantitative estimate of drug-likeness (QED) is 0.648. The average Bonchev–Trinajstić information content (AvgIpc) is 2.80. The molecule has 112 valence electrons. The number of amides is 1. The molecule has 1 amide bonds. The number of nitrogens with one attached hydrogen (secondary N) is 1. The number of carbonyl (C=O) groups excluding carboxylic acids is 1. The monoisotopic (exact) mass is 325 g/mol. The van der Waals surface area contributed by atoms with E-state index in [9.17, 15) is 4.79 Å². The van der Waals surface area contributed by atoms with Crippen molar-refractivity contribution in [3.8, 4) is 11.4 Å². The Morgan fingerprint density at radius 3 is 2.95 bits per heavy atom. The van der Waals surface area contributed by atoms with Crippen molar-refractivity contribution in [1.29, 1.82) is 0 Å². The molecular weight excluding hydrogens is 310 g/mol. The fraction of sp³-hybridized carbons (Fsp3) is 0.308. The highest BCUT2D eigenvalue weighted by molar-refractivity contribution is 8.00. The topological polar surface area (TPSA) is 85.8 Å². The number of hydrogen-bond donors (Lipinski definition) is 2. The molecule has 1 heterocycles. The molecule has 0 saturated carbocycles. The molecule has 3 N–H and O–H groups in total. The van der Waals surface area contributed by atoms with Crippen LogP contribution in [0, 0.1) is 0 Å². The predicted octanol–water partition coefficient (Wildman–Crippen LogP) is 1.93. The van der Waals surface area contributed by atoms with Crippen molar-refractivity contribution in [2.75, 3.05) is 12.4 Å². The van der Waals surface area contributed by atoms with Crippen molar-refractivity contribution in [2.45, 2.75) is 24.3 Å². The van der Waals surface area contributed by atoms with Gasteiger partial charge in [-0.05, 0) is 26.0 Å². The van der Waals surface area contributed by atoms with Gasteiger partial charge in [0, 0.05) is 17.1 Å². The van der Waals surface area contributed by atoms with Crippen LogP contribution in [0.1, 0.15) is 13.8 Å². The summed E-state index contributed by atoms with van der Waals surface area (Å²) >= 11 is 7.22. The number of rotatable bonds is 5. The number of hydrogen-bond acceptors (Lipinski definition) is 5. The van der Waals surface area contributed by atoms with Gasteiger partial charge in [-0.2, -0.15) is 0 Å². The van der Waals surface area contributed by atoms with Gasteiger partial charge >= 0.3 is 0 Å². The zero-order valence-electron chi connectivity index (χ0n) is 11.7. The second-order valence-electron chi connectivity index (χ2n) is 4.34. The lowest BCUT2D eigenvalue weighted by molar-refractivity contribution is -0.120. The third-order valence-electron chi connectivity index (χ3n) is 2.75. The van der Waals surface area contributed by atoms with E-state index in [-0.39, 0.29) is 11.2 Å². The number of carbonyl (C=O) groups is 1. The minimum absolute atomic E-state index is 0.0604. The fourth-order valence-corrected chi connectivity index (χ4v) is 2.70. The molecule has 1 aromatic carbocycles. The highest BCUT2D eigenvalue weighted by atomic mass is 35.5. The second-order valence-corrected chi connectivity index (χ2v) is 6.09. The van der Waals surface area contributed by atoms with Gasteiger partial charge in [0.15, 0.2) is 5.82 Å². The van der Waals surface area contributed by atoms with Crippen LogP contribution in [0.15, 0.2) is 29.4 Å². The van der Waals surface area contributed by atoms with Crippen LogP contribution < -0.4 is 11.2 Å². The largest absolute Gasteiger partial charge is 0.355 e. The van der Waals surface area contributed by atoms with Gasteiger partial charge < -0.3 is 11.2 Å². The van der Waals surface area contributed by atoms with Crippen LogP contribution >= 0.6 is 23.4 Å². The summed E-state index contributed by atoms with van der Waals surface area (Å²) in [6, 6.07) is 7.20. The van der Waals surface area contributed by atoms with E-state index in [4.69, 9.17) is 17.4 Å². The molecule has 0 bridgehead atoms. The Labute approximate surface area is 132 Å². The van der Waals surface area contributed by atoms with Crippen LogP contribution in [0.2, 0.25) is 5.02 Å². The molecule has 21 heavy (non-hydrogen) atoms. The van der Waals surface area contributed by atoms with Gasteiger partial charge in [-0.3, -0.25) is 4.79 Å². The summed E-state index contributed by atoms with van der Waals surface area (Å²) < 4.78 is 1.37. The molecule has 0 aliphatic rings. The lowest BCUT2D eigenvalue weighted by Crippen LogP contribution is -2.31. The summed E-state index contributed by atoms with van der Waals surface area (Å²) in [5, 5.41) is 11.6. The maximum absolute atomic E-state index is 11.7. The molecule has 1 aromatic heterocycles. The lowest BCUT2D eigenvalue weighted by Gasteiger charge is -2.10. The first-order valence-electron chi connectivity index (χ1n) is 6.43. The Morgan fingerprint density at radius 1 is 1.52 bits per heavy atom. The number of aromatic nitrogens is 3. The molecule has 6 nitrogen and oxygen atoms in total. The van der Waals surface area contributed by atoms with Crippen LogP contribution in [0.25, 0.3) is 11.4 Å². The molecule has 0 radical (unpaired) electrons. The maximum atomic E-state index is 11.7. The van der Waals surface area contributed by atoms with Gasteiger partial charge in [-0.15, -0.1) is 10.2 Å². The predicted molar refractivity (Wildman–Crippen MR) is 84.6 cm³/mol. The third-order valence-corrected chi connectivity index (χ3v) is 4.04. The van der Waals surface area contributed by atoms with Crippen molar-refractivity contribution in [3.05, 3.63) is 29.3 Å². The van der Waals surface area contributed by atoms with Crippen LogP contribution in [-0.4, -0.2) is 32.6 Å². The number of nitrogens with two attached hydrogens (primary N) is 1. The van der Waals surface area contributed by atoms with Crippen molar-refractivity contribution in [2.24, 2.45) is 0 Å². The first-order valence-corrected chi connectivity index (χ1v) is 7.69. The Bertz CT molecular complexity index is 645. The molecule has 0 fully saturated rings. The molecule has 0 unspecified atom stereocenters. The van der Waals surface area contributed by atoms with Crippen molar-refractivity contribution < 1.29 is 4.79 Å².